The third kappa shape index (κ3) is 3.11. The molecule has 2 aromatic carbocycles. The van der Waals surface area contributed by atoms with Gasteiger partial charge in [-0.15, -0.1) is 22.9 Å². The smallest absolute Gasteiger partial charge is 0.308 e. The van der Waals surface area contributed by atoms with Crippen LogP contribution in [0.15, 0.2) is 42.5 Å². The minimum Gasteiger partial charge on any atom is -0.426 e. The van der Waals surface area contributed by atoms with Gasteiger partial charge in [0.2, 0.25) is 0 Å². The van der Waals surface area contributed by atoms with Gasteiger partial charge in [0.15, 0.2) is 0 Å². The van der Waals surface area contributed by atoms with Crippen molar-refractivity contribution < 1.29 is 14.3 Å². The Hall–Kier alpha value is -2.37. The van der Waals surface area contributed by atoms with E-state index < -0.39 is 5.97 Å². The second-order valence-corrected chi connectivity index (χ2v) is 8.22. The first-order valence-corrected chi connectivity index (χ1v) is 10.0. The summed E-state index contributed by atoms with van der Waals surface area (Å²) in [5.74, 6) is 0.469. The summed E-state index contributed by atoms with van der Waals surface area (Å²) in [6.07, 6.45) is 0. The van der Waals surface area contributed by atoms with Crippen molar-refractivity contribution in [1.29, 1.82) is 0 Å². The first kappa shape index (κ1) is 18.0. The van der Waals surface area contributed by atoms with Gasteiger partial charge in [0.25, 0.3) is 5.91 Å². The number of halogens is 1. The molecule has 3 aromatic rings. The number of thiophene rings is 1. The molecule has 138 valence electrons. The molecule has 4 rings (SSSR count). The number of alkyl halides is 1. The number of ether oxygens (including phenoxy) is 1. The number of anilines is 1. The summed E-state index contributed by atoms with van der Waals surface area (Å²) in [7, 11) is 0. The molecule has 1 aromatic heterocycles. The van der Waals surface area contributed by atoms with E-state index in [1.165, 1.54) is 18.3 Å². The Morgan fingerprint density at radius 1 is 1.22 bits per heavy atom. The van der Waals surface area contributed by atoms with E-state index in [1.54, 1.807) is 11.0 Å². The molecule has 1 atom stereocenters. The number of rotatable bonds is 3. The van der Waals surface area contributed by atoms with E-state index in [9.17, 15) is 9.59 Å². The van der Waals surface area contributed by atoms with Gasteiger partial charge in [0, 0.05) is 41.6 Å². The van der Waals surface area contributed by atoms with Crippen molar-refractivity contribution in [2.75, 3.05) is 17.3 Å². The lowest BCUT2D eigenvalue weighted by Gasteiger charge is -2.18. The van der Waals surface area contributed by atoms with Crippen LogP contribution in [0.3, 0.4) is 0 Å². The van der Waals surface area contributed by atoms with Crippen LogP contribution in [0.5, 0.6) is 5.75 Å². The highest BCUT2D eigenvalue weighted by Crippen LogP contribution is 2.46. The van der Waals surface area contributed by atoms with Crippen molar-refractivity contribution in [3.63, 3.8) is 0 Å². The van der Waals surface area contributed by atoms with E-state index in [0.717, 1.165) is 26.9 Å². The number of hydrogen-bond donors (Lipinski definition) is 0. The van der Waals surface area contributed by atoms with Crippen molar-refractivity contribution >= 4 is 51.3 Å². The molecule has 0 saturated heterocycles. The van der Waals surface area contributed by atoms with E-state index in [0.29, 0.717) is 23.1 Å². The van der Waals surface area contributed by atoms with Crippen LogP contribution in [0.4, 0.5) is 5.69 Å². The van der Waals surface area contributed by atoms with Gasteiger partial charge < -0.3 is 9.64 Å². The standard InChI is InChI=1S/C21H18ClNO3S/c1-12-7-8-19(27-12)21(25)23-11-14(10-22)20-16-6-4-3-5-15(16)18(9-17(20)23)26-13(2)24/h3-9,14H,10-11H2,1-2H3. The highest BCUT2D eigenvalue weighted by molar-refractivity contribution is 7.14. The molecule has 6 heteroatoms. The summed E-state index contributed by atoms with van der Waals surface area (Å²) in [5.41, 5.74) is 1.81. The zero-order valence-corrected chi connectivity index (χ0v) is 16.6. The molecule has 0 fully saturated rings. The summed E-state index contributed by atoms with van der Waals surface area (Å²) >= 11 is 7.73. The first-order chi connectivity index (χ1) is 13.0. The fraction of sp³-hybridized carbons (Fsp3) is 0.238. The summed E-state index contributed by atoms with van der Waals surface area (Å²) in [6.45, 7) is 3.87. The van der Waals surface area contributed by atoms with Crippen LogP contribution in [0.1, 0.15) is 33.0 Å². The first-order valence-electron chi connectivity index (χ1n) is 8.68. The predicted octanol–water partition coefficient (Wildman–Crippen LogP) is 5.12. The van der Waals surface area contributed by atoms with Gasteiger partial charge in [-0.05, 0) is 30.0 Å². The van der Waals surface area contributed by atoms with Crippen LogP contribution >= 0.6 is 22.9 Å². The molecule has 1 aliphatic heterocycles. The molecule has 1 aliphatic rings. The minimum absolute atomic E-state index is 0.0305. The second-order valence-electron chi connectivity index (χ2n) is 6.62. The Morgan fingerprint density at radius 3 is 2.59 bits per heavy atom. The number of aryl methyl sites for hydroxylation is 1. The predicted molar refractivity (Wildman–Crippen MR) is 109 cm³/mol. The van der Waals surface area contributed by atoms with Gasteiger partial charge in [-0.3, -0.25) is 9.59 Å². The molecule has 0 spiro atoms. The van der Waals surface area contributed by atoms with Crippen molar-refractivity contribution in [3.8, 4) is 5.75 Å². The molecule has 0 saturated carbocycles. The van der Waals surface area contributed by atoms with Crippen molar-refractivity contribution in [2.45, 2.75) is 19.8 Å². The van der Waals surface area contributed by atoms with E-state index >= 15 is 0 Å². The summed E-state index contributed by atoms with van der Waals surface area (Å²) in [5, 5.41) is 1.82. The Bertz CT molecular complexity index is 1060. The molecule has 1 unspecified atom stereocenters. The van der Waals surface area contributed by atoms with Crippen molar-refractivity contribution in [1.82, 2.24) is 0 Å². The Morgan fingerprint density at radius 2 is 1.96 bits per heavy atom. The summed E-state index contributed by atoms with van der Waals surface area (Å²) in [6, 6.07) is 13.4. The Balaban J connectivity index is 1.91. The minimum atomic E-state index is -0.390. The van der Waals surface area contributed by atoms with Gasteiger partial charge in [-0.2, -0.15) is 0 Å². The van der Waals surface area contributed by atoms with Gasteiger partial charge in [-0.25, -0.2) is 0 Å². The fourth-order valence-corrected chi connectivity index (χ4v) is 4.72. The van der Waals surface area contributed by atoms with Crippen LogP contribution in [0.25, 0.3) is 10.8 Å². The van der Waals surface area contributed by atoms with Gasteiger partial charge in [-0.1, -0.05) is 24.3 Å². The van der Waals surface area contributed by atoms with E-state index in [-0.39, 0.29) is 11.8 Å². The van der Waals surface area contributed by atoms with Crippen LogP contribution in [-0.4, -0.2) is 24.3 Å². The topological polar surface area (TPSA) is 46.6 Å². The molecular weight excluding hydrogens is 382 g/mol. The third-order valence-corrected chi connectivity index (χ3v) is 6.13. The maximum atomic E-state index is 13.1. The number of nitrogens with zero attached hydrogens (tertiary/aromatic N) is 1. The monoisotopic (exact) mass is 399 g/mol. The molecule has 1 amide bonds. The molecule has 4 nitrogen and oxygen atoms in total. The Labute approximate surface area is 166 Å². The molecule has 27 heavy (non-hydrogen) atoms. The third-order valence-electron chi connectivity index (χ3n) is 4.76. The largest absolute Gasteiger partial charge is 0.426 e. The zero-order chi connectivity index (χ0) is 19.1. The van der Waals surface area contributed by atoms with Gasteiger partial charge in [0.1, 0.15) is 5.75 Å². The average molecular weight is 400 g/mol. The van der Waals surface area contributed by atoms with Crippen LogP contribution in [0.2, 0.25) is 0 Å². The molecule has 0 bridgehead atoms. The van der Waals surface area contributed by atoms with Crippen molar-refractivity contribution in [3.05, 3.63) is 57.8 Å². The van der Waals surface area contributed by atoms with E-state index in [4.69, 9.17) is 16.3 Å². The molecule has 0 N–H and O–H groups in total. The highest BCUT2D eigenvalue weighted by Gasteiger charge is 2.35. The van der Waals surface area contributed by atoms with Crippen LogP contribution < -0.4 is 9.64 Å². The SMILES string of the molecule is CC(=O)Oc1cc2c(c3ccccc13)C(CCl)CN2C(=O)c1ccc(C)s1. The lowest BCUT2D eigenvalue weighted by molar-refractivity contribution is -0.131. The van der Waals surface area contributed by atoms with Gasteiger partial charge >= 0.3 is 5.97 Å². The lowest BCUT2D eigenvalue weighted by atomic mass is 9.95. The van der Waals surface area contributed by atoms with Gasteiger partial charge in [0.05, 0.1) is 10.6 Å². The summed E-state index contributed by atoms with van der Waals surface area (Å²) in [4.78, 5) is 28.3. The Kier molecular flexibility index (Phi) is 4.66. The fourth-order valence-electron chi connectivity index (χ4n) is 3.65. The molecular formula is C21H18ClNO3S. The van der Waals surface area contributed by atoms with Crippen LogP contribution in [0, 0.1) is 6.92 Å². The lowest BCUT2D eigenvalue weighted by Crippen LogP contribution is -2.29. The second kappa shape index (κ2) is 6.98. The van der Waals surface area contributed by atoms with E-state index in [1.807, 2.05) is 43.3 Å². The average Bonchev–Trinajstić information content (AvgIpc) is 3.24. The highest BCUT2D eigenvalue weighted by atomic mass is 35.5. The normalized spacial score (nSPS) is 15.8. The number of fused-ring (bicyclic) bond motifs is 3. The quantitative estimate of drug-likeness (QED) is 0.349. The molecule has 2 heterocycles. The maximum absolute atomic E-state index is 13.1. The number of carbonyl (C=O) groups excluding carboxylic acids is 2. The number of esters is 1. The van der Waals surface area contributed by atoms with Crippen LogP contribution in [-0.2, 0) is 4.79 Å². The number of hydrogen-bond acceptors (Lipinski definition) is 4. The molecule has 0 aliphatic carbocycles. The number of carbonyl (C=O) groups is 2. The van der Waals surface area contributed by atoms with Crippen molar-refractivity contribution in [2.24, 2.45) is 0 Å². The number of amides is 1. The zero-order valence-electron chi connectivity index (χ0n) is 15.0. The molecule has 0 radical (unpaired) electrons. The van der Waals surface area contributed by atoms with E-state index in [2.05, 4.69) is 0 Å². The summed E-state index contributed by atoms with van der Waals surface area (Å²) < 4.78 is 5.45. The number of benzene rings is 2. The maximum Gasteiger partial charge on any atom is 0.308 e.